The highest BCUT2D eigenvalue weighted by molar-refractivity contribution is 14.0. The van der Waals surface area contributed by atoms with Crippen LogP contribution < -0.4 is 14.8 Å². The summed E-state index contributed by atoms with van der Waals surface area (Å²) >= 11 is 0. The molecule has 0 amide bonds. The van der Waals surface area contributed by atoms with E-state index in [0.29, 0.717) is 6.54 Å². The second-order valence-electron chi connectivity index (χ2n) is 6.36. The summed E-state index contributed by atoms with van der Waals surface area (Å²) in [5, 5.41) is 3.40. The van der Waals surface area contributed by atoms with Gasteiger partial charge >= 0.3 is 0 Å². The van der Waals surface area contributed by atoms with Crippen LogP contribution in [0, 0.1) is 0 Å². The van der Waals surface area contributed by atoms with Gasteiger partial charge in [0.25, 0.3) is 0 Å². The van der Waals surface area contributed by atoms with Gasteiger partial charge < -0.3 is 24.7 Å². The zero-order valence-corrected chi connectivity index (χ0v) is 18.0. The maximum atomic E-state index is 5.87. The van der Waals surface area contributed by atoms with Crippen LogP contribution in [0.4, 0.5) is 0 Å². The number of hydrogen-bond donors (Lipinski definition) is 2. The summed E-state index contributed by atoms with van der Waals surface area (Å²) in [5.74, 6) is 2.66. The van der Waals surface area contributed by atoms with Gasteiger partial charge in [0.05, 0.1) is 13.7 Å². The quantitative estimate of drug-likeness (QED) is 0.401. The molecule has 1 atom stereocenters. The van der Waals surface area contributed by atoms with E-state index in [-0.39, 0.29) is 30.1 Å². The van der Waals surface area contributed by atoms with Crippen molar-refractivity contribution in [2.24, 2.45) is 4.99 Å². The lowest BCUT2D eigenvalue weighted by Crippen LogP contribution is -2.38. The molecule has 0 spiro atoms. The third-order valence-electron chi connectivity index (χ3n) is 4.38. The Morgan fingerprint density at radius 2 is 2.27 bits per heavy atom. The molecule has 0 saturated heterocycles. The van der Waals surface area contributed by atoms with Gasteiger partial charge in [-0.2, -0.15) is 0 Å². The van der Waals surface area contributed by atoms with E-state index in [1.165, 1.54) is 5.56 Å². The molecular weight excluding hydrogens is 443 g/mol. The molecule has 1 unspecified atom stereocenters. The lowest BCUT2D eigenvalue weighted by Gasteiger charge is -2.22. The maximum absolute atomic E-state index is 5.87. The van der Waals surface area contributed by atoms with Gasteiger partial charge in [0.1, 0.15) is 17.6 Å². The molecule has 1 aliphatic rings. The first-order valence-corrected chi connectivity index (χ1v) is 8.51. The van der Waals surface area contributed by atoms with E-state index < -0.39 is 0 Å². The van der Waals surface area contributed by atoms with E-state index >= 15 is 0 Å². The van der Waals surface area contributed by atoms with Crippen molar-refractivity contribution in [1.82, 2.24) is 15.2 Å². The number of ether oxygens (including phenoxy) is 2. The molecule has 0 fully saturated rings. The van der Waals surface area contributed by atoms with E-state index in [4.69, 9.17) is 9.47 Å². The van der Waals surface area contributed by atoms with E-state index in [9.17, 15) is 0 Å². The SMILES string of the molecule is CN=C(NCc1cc2c(cc1OC)CC(C)O2)N(C)Cc1ccc[nH]1.I. The van der Waals surface area contributed by atoms with Crippen molar-refractivity contribution >= 4 is 29.9 Å². The Kier molecular flexibility index (Phi) is 7.19. The normalized spacial score (nSPS) is 15.7. The number of aliphatic imine (C=N–C) groups is 1. The van der Waals surface area contributed by atoms with E-state index in [1.54, 1.807) is 14.2 Å². The largest absolute Gasteiger partial charge is 0.496 e. The van der Waals surface area contributed by atoms with Gasteiger partial charge in [-0.25, -0.2) is 0 Å². The highest BCUT2D eigenvalue weighted by Gasteiger charge is 2.21. The number of rotatable bonds is 5. The Morgan fingerprint density at radius 3 is 2.92 bits per heavy atom. The second-order valence-corrected chi connectivity index (χ2v) is 6.36. The zero-order chi connectivity index (χ0) is 17.8. The van der Waals surface area contributed by atoms with E-state index in [1.807, 2.05) is 19.3 Å². The Morgan fingerprint density at radius 1 is 1.46 bits per heavy atom. The lowest BCUT2D eigenvalue weighted by atomic mass is 10.1. The minimum absolute atomic E-state index is 0. The summed E-state index contributed by atoms with van der Waals surface area (Å²) in [6, 6.07) is 8.21. The number of halogens is 1. The summed E-state index contributed by atoms with van der Waals surface area (Å²) in [4.78, 5) is 9.65. The molecule has 2 heterocycles. The molecule has 0 bridgehead atoms. The van der Waals surface area contributed by atoms with Gasteiger partial charge in [-0.1, -0.05) is 0 Å². The van der Waals surface area contributed by atoms with Crippen molar-refractivity contribution in [3.05, 3.63) is 47.3 Å². The summed E-state index contributed by atoms with van der Waals surface area (Å²) < 4.78 is 11.4. The zero-order valence-electron chi connectivity index (χ0n) is 15.7. The van der Waals surface area contributed by atoms with Crippen molar-refractivity contribution < 1.29 is 9.47 Å². The van der Waals surface area contributed by atoms with Crippen LogP contribution in [0.2, 0.25) is 0 Å². The van der Waals surface area contributed by atoms with Gasteiger partial charge in [-0.3, -0.25) is 4.99 Å². The summed E-state index contributed by atoms with van der Waals surface area (Å²) in [6.07, 6.45) is 3.08. The lowest BCUT2D eigenvalue weighted by molar-refractivity contribution is 0.254. The predicted octanol–water partition coefficient (Wildman–Crippen LogP) is 3.17. The van der Waals surface area contributed by atoms with Crippen molar-refractivity contribution in [1.29, 1.82) is 0 Å². The Bertz CT molecular complexity index is 746. The maximum Gasteiger partial charge on any atom is 0.194 e. The average molecular weight is 470 g/mol. The van der Waals surface area contributed by atoms with Crippen molar-refractivity contribution in [2.45, 2.75) is 32.5 Å². The molecule has 142 valence electrons. The number of guanidine groups is 1. The first kappa shape index (κ1) is 20.4. The smallest absolute Gasteiger partial charge is 0.194 e. The van der Waals surface area contributed by atoms with Crippen molar-refractivity contribution in [2.75, 3.05) is 21.2 Å². The Labute approximate surface area is 172 Å². The van der Waals surface area contributed by atoms with Crippen molar-refractivity contribution in [3.8, 4) is 11.5 Å². The van der Waals surface area contributed by atoms with Crippen LogP contribution in [-0.4, -0.2) is 43.2 Å². The molecule has 0 aliphatic carbocycles. The van der Waals surface area contributed by atoms with Gasteiger partial charge in [-0.15, -0.1) is 24.0 Å². The van der Waals surface area contributed by atoms with Gasteiger partial charge in [-0.05, 0) is 31.2 Å². The first-order valence-electron chi connectivity index (χ1n) is 8.51. The topological polar surface area (TPSA) is 61.9 Å². The number of hydrogen-bond acceptors (Lipinski definition) is 3. The standard InChI is InChI=1S/C19H26N4O2.HI/c1-13-8-14-9-17(24-4)15(10-18(14)25-13)11-22-19(20-2)23(3)12-16-6-5-7-21-16;/h5-7,9-10,13,21H,8,11-12H2,1-4H3,(H,20,22);1H. The van der Waals surface area contributed by atoms with Crippen LogP contribution in [0.5, 0.6) is 11.5 Å². The molecule has 0 saturated carbocycles. The number of fused-ring (bicyclic) bond motifs is 1. The fourth-order valence-corrected chi connectivity index (χ4v) is 3.16. The van der Waals surface area contributed by atoms with Crippen LogP contribution in [0.1, 0.15) is 23.7 Å². The Hall–Kier alpha value is -1.90. The van der Waals surface area contributed by atoms with Crippen LogP contribution in [0.3, 0.4) is 0 Å². The van der Waals surface area contributed by atoms with Gasteiger partial charge in [0.2, 0.25) is 0 Å². The highest BCUT2D eigenvalue weighted by Crippen LogP contribution is 2.34. The number of benzene rings is 1. The summed E-state index contributed by atoms with van der Waals surface area (Å²) in [6.45, 7) is 3.46. The fraction of sp³-hybridized carbons (Fsp3) is 0.421. The Balaban J connectivity index is 0.00000243. The van der Waals surface area contributed by atoms with E-state index in [2.05, 4.69) is 45.3 Å². The second kappa shape index (κ2) is 9.16. The third-order valence-corrected chi connectivity index (χ3v) is 4.38. The van der Waals surface area contributed by atoms with Crippen LogP contribution in [0.15, 0.2) is 35.5 Å². The minimum atomic E-state index is 0. The fourth-order valence-electron chi connectivity index (χ4n) is 3.16. The molecule has 6 nitrogen and oxygen atoms in total. The highest BCUT2D eigenvalue weighted by atomic mass is 127. The number of H-pyrrole nitrogens is 1. The molecule has 1 aromatic heterocycles. The molecule has 7 heteroatoms. The number of nitrogens with zero attached hydrogens (tertiary/aromatic N) is 2. The van der Waals surface area contributed by atoms with Crippen LogP contribution in [0.25, 0.3) is 0 Å². The number of nitrogens with one attached hydrogen (secondary N) is 2. The number of aromatic nitrogens is 1. The molecule has 2 N–H and O–H groups in total. The molecule has 26 heavy (non-hydrogen) atoms. The number of methoxy groups -OCH3 is 1. The van der Waals surface area contributed by atoms with Crippen molar-refractivity contribution in [3.63, 3.8) is 0 Å². The molecule has 0 radical (unpaired) electrons. The number of aromatic amines is 1. The predicted molar refractivity (Wildman–Crippen MR) is 115 cm³/mol. The average Bonchev–Trinajstić information content (AvgIpc) is 3.22. The monoisotopic (exact) mass is 470 g/mol. The first-order chi connectivity index (χ1) is 12.1. The van der Waals surface area contributed by atoms with Crippen LogP contribution >= 0.6 is 24.0 Å². The van der Waals surface area contributed by atoms with Crippen LogP contribution in [-0.2, 0) is 19.5 Å². The third kappa shape index (κ3) is 4.63. The molecule has 1 aliphatic heterocycles. The molecule has 2 aromatic rings. The van der Waals surface area contributed by atoms with Gasteiger partial charge in [0.15, 0.2) is 5.96 Å². The summed E-state index contributed by atoms with van der Waals surface area (Å²) in [7, 11) is 5.51. The molecule has 1 aromatic carbocycles. The summed E-state index contributed by atoms with van der Waals surface area (Å²) in [5.41, 5.74) is 3.41. The minimum Gasteiger partial charge on any atom is -0.496 e. The van der Waals surface area contributed by atoms with Gasteiger partial charge in [0, 0.05) is 50.1 Å². The molecular formula is C19H27IN4O2. The van der Waals surface area contributed by atoms with E-state index in [0.717, 1.165) is 41.7 Å². The molecule has 3 rings (SSSR count).